The van der Waals surface area contributed by atoms with E-state index in [1.54, 1.807) is 6.20 Å². The van der Waals surface area contributed by atoms with Crippen LogP contribution in [0, 0.1) is 0 Å². The quantitative estimate of drug-likeness (QED) is 0.656. The molecule has 11 heavy (non-hydrogen) atoms. The number of imidazole rings is 1. The highest BCUT2D eigenvalue weighted by Crippen LogP contribution is 1.98. The Kier molecular flexibility index (Phi) is 3.11. The van der Waals surface area contributed by atoms with Crippen molar-refractivity contribution in [3.05, 3.63) is 18.2 Å². The zero-order valence-electron chi connectivity index (χ0n) is 7.08. The van der Waals surface area contributed by atoms with Crippen LogP contribution >= 0.6 is 0 Å². The normalized spacial score (nSPS) is 10.4. The van der Waals surface area contributed by atoms with Gasteiger partial charge in [-0.15, -0.1) is 0 Å². The number of hydrogen-bond acceptors (Lipinski definition) is 2. The molecule has 0 aromatic carbocycles. The monoisotopic (exact) mass is 154 g/mol. The van der Waals surface area contributed by atoms with Gasteiger partial charge < -0.3 is 9.30 Å². The van der Waals surface area contributed by atoms with E-state index in [0.717, 1.165) is 19.0 Å². The highest BCUT2D eigenvalue weighted by molar-refractivity contribution is 4.89. The third-order valence-electron chi connectivity index (χ3n) is 1.58. The largest absolute Gasteiger partial charge is 0.374 e. The van der Waals surface area contributed by atoms with Gasteiger partial charge in [-0.2, -0.15) is 0 Å². The van der Waals surface area contributed by atoms with Crippen molar-refractivity contribution in [2.45, 2.75) is 27.0 Å². The van der Waals surface area contributed by atoms with Crippen molar-refractivity contribution >= 4 is 0 Å². The summed E-state index contributed by atoms with van der Waals surface area (Å²) in [5, 5.41) is 0. The summed E-state index contributed by atoms with van der Waals surface area (Å²) in [5.74, 6) is 1.01. The molecule has 0 bridgehead atoms. The van der Waals surface area contributed by atoms with Gasteiger partial charge >= 0.3 is 0 Å². The average molecular weight is 154 g/mol. The van der Waals surface area contributed by atoms with E-state index in [9.17, 15) is 0 Å². The lowest BCUT2D eigenvalue weighted by Crippen LogP contribution is -2.03. The molecule has 62 valence electrons. The van der Waals surface area contributed by atoms with Crippen molar-refractivity contribution in [2.75, 3.05) is 6.61 Å². The maximum Gasteiger partial charge on any atom is 0.134 e. The minimum atomic E-state index is 0.622. The Morgan fingerprint density at radius 3 is 3.00 bits per heavy atom. The Morgan fingerprint density at radius 1 is 1.55 bits per heavy atom. The minimum Gasteiger partial charge on any atom is -0.374 e. The number of aromatic nitrogens is 2. The van der Waals surface area contributed by atoms with E-state index in [-0.39, 0.29) is 0 Å². The zero-order chi connectivity index (χ0) is 8.10. The molecule has 0 unspecified atom stereocenters. The molecular weight excluding hydrogens is 140 g/mol. The molecule has 1 rings (SSSR count). The van der Waals surface area contributed by atoms with E-state index in [1.165, 1.54) is 0 Å². The minimum absolute atomic E-state index is 0.622. The SMILES string of the molecule is CCOCc1nccn1CC. The molecule has 0 aliphatic carbocycles. The van der Waals surface area contributed by atoms with E-state index in [2.05, 4.69) is 16.5 Å². The number of ether oxygens (including phenoxy) is 1. The topological polar surface area (TPSA) is 27.1 Å². The van der Waals surface area contributed by atoms with E-state index in [1.807, 2.05) is 13.1 Å². The van der Waals surface area contributed by atoms with Crippen LogP contribution in [-0.4, -0.2) is 16.2 Å². The van der Waals surface area contributed by atoms with Gasteiger partial charge in [-0.3, -0.25) is 0 Å². The second-order valence-electron chi connectivity index (χ2n) is 2.27. The lowest BCUT2D eigenvalue weighted by Gasteiger charge is -2.03. The van der Waals surface area contributed by atoms with Crippen LogP contribution in [0.4, 0.5) is 0 Å². The Labute approximate surface area is 67.0 Å². The molecule has 0 atom stereocenters. The molecule has 0 amide bonds. The molecule has 0 aliphatic rings. The van der Waals surface area contributed by atoms with Gasteiger partial charge in [0.05, 0.1) is 0 Å². The van der Waals surface area contributed by atoms with Crippen LogP contribution in [0.2, 0.25) is 0 Å². The van der Waals surface area contributed by atoms with Crippen LogP contribution in [0.25, 0.3) is 0 Å². The van der Waals surface area contributed by atoms with Crippen molar-refractivity contribution < 1.29 is 4.74 Å². The molecule has 1 aromatic heterocycles. The molecule has 0 N–H and O–H groups in total. The maximum atomic E-state index is 5.24. The van der Waals surface area contributed by atoms with Gasteiger partial charge in [-0.25, -0.2) is 4.98 Å². The van der Waals surface area contributed by atoms with Crippen LogP contribution in [-0.2, 0) is 17.9 Å². The fraction of sp³-hybridized carbons (Fsp3) is 0.625. The van der Waals surface area contributed by atoms with Crippen molar-refractivity contribution in [2.24, 2.45) is 0 Å². The Hall–Kier alpha value is -0.830. The fourth-order valence-corrected chi connectivity index (χ4v) is 0.961. The van der Waals surface area contributed by atoms with Crippen molar-refractivity contribution in [3.8, 4) is 0 Å². The predicted octanol–water partition coefficient (Wildman–Crippen LogP) is 1.44. The molecule has 1 heterocycles. The second kappa shape index (κ2) is 4.13. The highest BCUT2D eigenvalue weighted by Gasteiger charge is 1.98. The molecular formula is C8H14N2O. The third-order valence-corrected chi connectivity index (χ3v) is 1.58. The number of nitrogens with zero attached hydrogens (tertiary/aromatic N) is 2. The van der Waals surface area contributed by atoms with Gasteiger partial charge in [0.15, 0.2) is 0 Å². The smallest absolute Gasteiger partial charge is 0.134 e. The average Bonchev–Trinajstić information content (AvgIpc) is 2.47. The Morgan fingerprint density at radius 2 is 2.36 bits per heavy atom. The molecule has 0 aliphatic heterocycles. The van der Waals surface area contributed by atoms with E-state index < -0.39 is 0 Å². The summed E-state index contributed by atoms with van der Waals surface area (Å²) in [4.78, 5) is 4.16. The summed E-state index contributed by atoms with van der Waals surface area (Å²) >= 11 is 0. The van der Waals surface area contributed by atoms with Crippen LogP contribution in [0.5, 0.6) is 0 Å². The molecule has 0 spiro atoms. The molecule has 0 radical (unpaired) electrons. The summed E-state index contributed by atoms with van der Waals surface area (Å²) in [7, 11) is 0. The zero-order valence-corrected chi connectivity index (χ0v) is 7.08. The van der Waals surface area contributed by atoms with E-state index >= 15 is 0 Å². The number of hydrogen-bond donors (Lipinski definition) is 0. The number of rotatable bonds is 4. The summed E-state index contributed by atoms with van der Waals surface area (Å²) in [6.45, 7) is 6.41. The van der Waals surface area contributed by atoms with Gasteiger partial charge in [0.2, 0.25) is 0 Å². The lowest BCUT2D eigenvalue weighted by atomic mass is 10.6. The molecule has 0 saturated carbocycles. The van der Waals surface area contributed by atoms with Gasteiger partial charge in [0, 0.05) is 25.5 Å². The van der Waals surface area contributed by atoms with Crippen LogP contribution in [0.3, 0.4) is 0 Å². The lowest BCUT2D eigenvalue weighted by molar-refractivity contribution is 0.126. The third kappa shape index (κ3) is 2.05. The molecule has 3 nitrogen and oxygen atoms in total. The molecule has 0 fully saturated rings. The molecule has 0 saturated heterocycles. The van der Waals surface area contributed by atoms with Crippen molar-refractivity contribution in [1.29, 1.82) is 0 Å². The Bertz CT molecular complexity index is 208. The van der Waals surface area contributed by atoms with Crippen LogP contribution in [0.1, 0.15) is 19.7 Å². The molecule has 3 heteroatoms. The molecule has 1 aromatic rings. The van der Waals surface area contributed by atoms with Crippen LogP contribution in [0.15, 0.2) is 12.4 Å². The number of aryl methyl sites for hydroxylation is 1. The second-order valence-corrected chi connectivity index (χ2v) is 2.27. The van der Waals surface area contributed by atoms with Crippen molar-refractivity contribution in [3.63, 3.8) is 0 Å². The van der Waals surface area contributed by atoms with E-state index in [0.29, 0.717) is 6.61 Å². The summed E-state index contributed by atoms with van der Waals surface area (Å²) in [5.41, 5.74) is 0. The van der Waals surface area contributed by atoms with Gasteiger partial charge in [-0.1, -0.05) is 0 Å². The maximum absolute atomic E-state index is 5.24. The highest BCUT2D eigenvalue weighted by atomic mass is 16.5. The summed E-state index contributed by atoms with van der Waals surface area (Å²) in [6.07, 6.45) is 3.77. The van der Waals surface area contributed by atoms with Gasteiger partial charge in [0.1, 0.15) is 12.4 Å². The summed E-state index contributed by atoms with van der Waals surface area (Å²) in [6, 6.07) is 0. The summed E-state index contributed by atoms with van der Waals surface area (Å²) < 4.78 is 7.32. The van der Waals surface area contributed by atoms with Crippen LogP contribution < -0.4 is 0 Å². The first-order chi connectivity index (χ1) is 5.38. The first-order valence-electron chi connectivity index (χ1n) is 3.96. The fourth-order valence-electron chi connectivity index (χ4n) is 0.961. The van der Waals surface area contributed by atoms with Gasteiger partial charge in [0.25, 0.3) is 0 Å². The standard InChI is InChI=1S/C8H14N2O/c1-3-10-6-5-9-8(10)7-11-4-2/h5-6H,3-4,7H2,1-2H3. The van der Waals surface area contributed by atoms with Crippen molar-refractivity contribution in [1.82, 2.24) is 9.55 Å². The Balaban J connectivity index is 2.54. The van der Waals surface area contributed by atoms with Gasteiger partial charge in [-0.05, 0) is 13.8 Å². The first kappa shape index (κ1) is 8.27. The predicted molar refractivity (Wildman–Crippen MR) is 43.2 cm³/mol. The van der Waals surface area contributed by atoms with E-state index in [4.69, 9.17) is 4.74 Å². The first-order valence-corrected chi connectivity index (χ1v) is 3.96.